The number of hydrogen-bond donors (Lipinski definition) is 2. The molecule has 2 N–H and O–H groups in total. The zero-order valence-corrected chi connectivity index (χ0v) is 12.1. The van der Waals surface area contributed by atoms with Crippen molar-refractivity contribution in [2.45, 2.75) is 64.5 Å². The van der Waals surface area contributed by atoms with Crippen molar-refractivity contribution in [3.05, 3.63) is 0 Å². The topological polar surface area (TPSA) is 75.6 Å². The minimum Gasteiger partial charge on any atom is -0.480 e. The molecule has 5 nitrogen and oxygen atoms in total. The van der Waals surface area contributed by atoms with Gasteiger partial charge in [0.05, 0.1) is 5.60 Å². The third-order valence-corrected chi connectivity index (χ3v) is 3.28. The lowest BCUT2D eigenvalue weighted by Crippen LogP contribution is -2.44. The Hall–Kier alpha value is -1.10. The molecule has 0 saturated heterocycles. The highest BCUT2D eigenvalue weighted by Crippen LogP contribution is 2.24. The van der Waals surface area contributed by atoms with Gasteiger partial charge in [-0.3, -0.25) is 4.79 Å². The zero-order valence-electron chi connectivity index (χ0n) is 12.1. The lowest BCUT2D eigenvalue weighted by molar-refractivity contribution is -0.143. The first-order chi connectivity index (χ1) is 8.79. The molecular formula is C14H25NO4. The van der Waals surface area contributed by atoms with E-state index in [1.165, 1.54) is 0 Å². The highest BCUT2D eigenvalue weighted by Gasteiger charge is 2.27. The third-order valence-electron chi connectivity index (χ3n) is 3.28. The Morgan fingerprint density at radius 1 is 1.32 bits per heavy atom. The van der Waals surface area contributed by atoms with Gasteiger partial charge < -0.3 is 15.2 Å². The van der Waals surface area contributed by atoms with Crippen molar-refractivity contribution < 1.29 is 19.4 Å². The van der Waals surface area contributed by atoms with Gasteiger partial charge in [-0.15, -0.1) is 0 Å². The van der Waals surface area contributed by atoms with Crippen LogP contribution in [0, 0.1) is 5.92 Å². The maximum Gasteiger partial charge on any atom is 0.326 e. The van der Waals surface area contributed by atoms with Crippen molar-refractivity contribution in [1.82, 2.24) is 5.32 Å². The van der Waals surface area contributed by atoms with Crippen LogP contribution in [0.4, 0.5) is 0 Å². The molecule has 0 aromatic heterocycles. The monoisotopic (exact) mass is 271 g/mol. The second-order valence-electron chi connectivity index (χ2n) is 6.13. The molecule has 0 radical (unpaired) electrons. The molecule has 0 aromatic carbocycles. The van der Waals surface area contributed by atoms with Gasteiger partial charge in [-0.1, -0.05) is 12.8 Å². The highest BCUT2D eigenvalue weighted by atomic mass is 16.5. The molecule has 5 heteroatoms. The third kappa shape index (κ3) is 6.05. The predicted octanol–water partition coefficient (Wildman–Crippen LogP) is 1.95. The number of nitrogens with one attached hydrogen (secondary N) is 1. The Morgan fingerprint density at radius 2 is 1.89 bits per heavy atom. The van der Waals surface area contributed by atoms with E-state index in [1.54, 1.807) is 0 Å². The van der Waals surface area contributed by atoms with Gasteiger partial charge >= 0.3 is 5.97 Å². The zero-order chi connectivity index (χ0) is 14.5. The summed E-state index contributed by atoms with van der Waals surface area (Å²) in [5.74, 6) is -1.13. The molecule has 1 fully saturated rings. The van der Waals surface area contributed by atoms with Crippen LogP contribution in [0.15, 0.2) is 0 Å². The lowest BCUT2D eigenvalue weighted by atomic mass is 10.1. The largest absolute Gasteiger partial charge is 0.480 e. The molecule has 0 spiro atoms. The number of carbonyl (C=O) groups excluding carboxylic acids is 1. The SMILES string of the molecule is CC(C)(C)OCCC(NC(=O)C1CCCC1)C(=O)O. The van der Waals surface area contributed by atoms with Crippen LogP contribution in [-0.2, 0) is 14.3 Å². The lowest BCUT2D eigenvalue weighted by Gasteiger charge is -2.22. The normalized spacial score (nSPS) is 18.3. The van der Waals surface area contributed by atoms with Crippen molar-refractivity contribution in [2.75, 3.05) is 6.61 Å². The predicted molar refractivity (Wildman–Crippen MR) is 71.8 cm³/mol. The molecular weight excluding hydrogens is 246 g/mol. The second-order valence-corrected chi connectivity index (χ2v) is 6.13. The van der Waals surface area contributed by atoms with Crippen molar-refractivity contribution in [3.8, 4) is 0 Å². The summed E-state index contributed by atoms with van der Waals surface area (Å²) in [6.45, 7) is 6.07. The van der Waals surface area contributed by atoms with E-state index in [0.717, 1.165) is 25.7 Å². The van der Waals surface area contributed by atoms with Gasteiger partial charge in [-0.2, -0.15) is 0 Å². The van der Waals surface area contributed by atoms with E-state index in [4.69, 9.17) is 9.84 Å². The summed E-state index contributed by atoms with van der Waals surface area (Å²) in [4.78, 5) is 23.0. The maximum absolute atomic E-state index is 11.9. The maximum atomic E-state index is 11.9. The van der Waals surface area contributed by atoms with E-state index in [9.17, 15) is 9.59 Å². The number of ether oxygens (including phenoxy) is 1. The Balaban J connectivity index is 2.39. The van der Waals surface area contributed by atoms with Gasteiger partial charge in [0.15, 0.2) is 0 Å². The Kier molecular flexibility index (Phi) is 5.79. The van der Waals surface area contributed by atoms with Crippen molar-refractivity contribution >= 4 is 11.9 Å². The molecule has 1 aliphatic carbocycles. The average molecular weight is 271 g/mol. The molecule has 1 unspecified atom stereocenters. The fraction of sp³-hybridized carbons (Fsp3) is 0.857. The van der Waals surface area contributed by atoms with Gasteiger partial charge in [-0.05, 0) is 33.6 Å². The van der Waals surface area contributed by atoms with Crippen LogP contribution in [0.1, 0.15) is 52.9 Å². The molecule has 1 rings (SSSR count). The smallest absolute Gasteiger partial charge is 0.326 e. The average Bonchev–Trinajstić information content (AvgIpc) is 2.78. The molecule has 0 aromatic rings. The standard InChI is InChI=1S/C14H25NO4/c1-14(2,3)19-9-8-11(13(17)18)15-12(16)10-6-4-5-7-10/h10-11H,4-9H2,1-3H3,(H,15,16)(H,17,18). The summed E-state index contributed by atoms with van der Waals surface area (Å²) < 4.78 is 5.50. The number of carbonyl (C=O) groups is 2. The quantitative estimate of drug-likeness (QED) is 0.774. The summed E-state index contributed by atoms with van der Waals surface area (Å²) in [7, 11) is 0. The Bertz CT molecular complexity index is 316. The van der Waals surface area contributed by atoms with Crippen LogP contribution in [0.2, 0.25) is 0 Å². The summed E-state index contributed by atoms with van der Waals surface area (Å²) in [6.07, 6.45) is 4.16. The first-order valence-electron chi connectivity index (χ1n) is 6.97. The van der Waals surface area contributed by atoms with E-state index < -0.39 is 12.0 Å². The second kappa shape index (κ2) is 6.89. The Morgan fingerprint density at radius 3 is 2.37 bits per heavy atom. The minimum atomic E-state index is -0.996. The fourth-order valence-corrected chi connectivity index (χ4v) is 2.22. The van der Waals surface area contributed by atoms with E-state index >= 15 is 0 Å². The minimum absolute atomic E-state index is 0.00890. The molecule has 1 amide bonds. The number of hydrogen-bond acceptors (Lipinski definition) is 3. The molecule has 0 bridgehead atoms. The van der Waals surface area contributed by atoms with Crippen LogP contribution < -0.4 is 5.32 Å². The number of carboxylic acid groups (broad SMARTS) is 1. The summed E-state index contributed by atoms with van der Waals surface area (Å²) in [6, 6.07) is -0.851. The van der Waals surface area contributed by atoms with Crippen LogP contribution in [0.25, 0.3) is 0 Å². The van der Waals surface area contributed by atoms with E-state index in [0.29, 0.717) is 13.0 Å². The van der Waals surface area contributed by atoms with Gasteiger partial charge in [0, 0.05) is 18.9 Å². The van der Waals surface area contributed by atoms with Gasteiger partial charge in [0.1, 0.15) is 6.04 Å². The fourth-order valence-electron chi connectivity index (χ4n) is 2.22. The summed E-state index contributed by atoms with van der Waals surface area (Å²) >= 11 is 0. The number of carboxylic acids is 1. The molecule has 1 saturated carbocycles. The number of amides is 1. The summed E-state index contributed by atoms with van der Waals surface area (Å²) in [5, 5.41) is 11.8. The summed E-state index contributed by atoms with van der Waals surface area (Å²) in [5.41, 5.74) is -0.293. The van der Waals surface area contributed by atoms with Crippen molar-refractivity contribution in [1.29, 1.82) is 0 Å². The number of rotatable bonds is 6. The van der Waals surface area contributed by atoms with Gasteiger partial charge in [0.25, 0.3) is 0 Å². The molecule has 0 aliphatic heterocycles. The van der Waals surface area contributed by atoms with Gasteiger partial charge in [0.2, 0.25) is 5.91 Å². The van der Waals surface area contributed by atoms with Crippen LogP contribution in [0.5, 0.6) is 0 Å². The van der Waals surface area contributed by atoms with E-state index in [-0.39, 0.29) is 17.4 Å². The molecule has 1 atom stereocenters. The highest BCUT2D eigenvalue weighted by molar-refractivity contribution is 5.85. The molecule has 1 aliphatic rings. The van der Waals surface area contributed by atoms with E-state index in [1.807, 2.05) is 20.8 Å². The van der Waals surface area contributed by atoms with Crippen LogP contribution >= 0.6 is 0 Å². The van der Waals surface area contributed by atoms with E-state index in [2.05, 4.69) is 5.32 Å². The molecule has 110 valence electrons. The molecule has 19 heavy (non-hydrogen) atoms. The Labute approximate surface area is 114 Å². The molecule has 0 heterocycles. The number of aliphatic carboxylic acids is 1. The van der Waals surface area contributed by atoms with Gasteiger partial charge in [-0.25, -0.2) is 4.79 Å². The van der Waals surface area contributed by atoms with Crippen molar-refractivity contribution in [2.24, 2.45) is 5.92 Å². The van der Waals surface area contributed by atoms with Crippen molar-refractivity contribution in [3.63, 3.8) is 0 Å². The first-order valence-corrected chi connectivity index (χ1v) is 6.97. The van der Waals surface area contributed by atoms with Crippen LogP contribution in [0.3, 0.4) is 0 Å². The van der Waals surface area contributed by atoms with Crippen LogP contribution in [-0.4, -0.2) is 35.2 Å². The first kappa shape index (κ1) is 16.0.